The first-order valence-corrected chi connectivity index (χ1v) is 11.4. The van der Waals surface area contributed by atoms with Crippen LogP contribution < -0.4 is 29.2 Å². The maximum Gasteiger partial charge on any atom is 0.255 e. The highest BCUT2D eigenvalue weighted by Crippen LogP contribution is 2.39. The Morgan fingerprint density at radius 2 is 1.61 bits per heavy atom. The van der Waals surface area contributed by atoms with Crippen molar-refractivity contribution >= 4 is 23.2 Å². The van der Waals surface area contributed by atoms with Crippen LogP contribution in [-0.2, 0) is 4.79 Å². The fraction of sp³-hybridized carbons (Fsp3) is 0.440. The molecule has 2 aromatic carbocycles. The first-order valence-electron chi connectivity index (χ1n) is 11.4. The van der Waals surface area contributed by atoms with Crippen LogP contribution in [0.3, 0.4) is 0 Å². The Kier molecular flexibility index (Phi) is 8.40. The molecule has 8 nitrogen and oxygen atoms in total. The molecule has 0 aliphatic carbocycles. The molecule has 0 atom stereocenters. The highest BCUT2D eigenvalue weighted by Gasteiger charge is 2.24. The van der Waals surface area contributed by atoms with Crippen LogP contribution in [0.15, 0.2) is 30.3 Å². The molecule has 0 bridgehead atoms. The SMILES string of the molecule is CCOc1cc(C(=O)Nc2ccc(OC)c(N3CCCCC3=O)c2)cc(OCC)c1OCC. The first-order chi connectivity index (χ1) is 16.0. The maximum absolute atomic E-state index is 13.1. The number of carbonyl (C=O) groups excluding carboxylic acids is 2. The van der Waals surface area contributed by atoms with Gasteiger partial charge in [-0.05, 0) is 63.9 Å². The van der Waals surface area contributed by atoms with Gasteiger partial charge in [-0.3, -0.25) is 9.59 Å². The van der Waals surface area contributed by atoms with E-state index in [0.717, 1.165) is 12.8 Å². The second-order valence-electron chi connectivity index (χ2n) is 7.44. The van der Waals surface area contributed by atoms with Crippen molar-refractivity contribution in [2.75, 3.05) is 43.7 Å². The van der Waals surface area contributed by atoms with E-state index in [-0.39, 0.29) is 11.8 Å². The summed E-state index contributed by atoms with van der Waals surface area (Å²) < 4.78 is 22.6. The molecule has 0 radical (unpaired) electrons. The Hall–Kier alpha value is -3.42. The highest BCUT2D eigenvalue weighted by atomic mass is 16.5. The van der Waals surface area contributed by atoms with Crippen molar-refractivity contribution in [1.29, 1.82) is 0 Å². The van der Waals surface area contributed by atoms with Crippen LogP contribution in [0.2, 0.25) is 0 Å². The number of amides is 2. The second kappa shape index (κ2) is 11.4. The van der Waals surface area contributed by atoms with Crippen molar-refractivity contribution in [3.63, 3.8) is 0 Å². The van der Waals surface area contributed by atoms with Gasteiger partial charge in [-0.15, -0.1) is 0 Å². The molecular formula is C25H32N2O6. The fourth-order valence-corrected chi connectivity index (χ4v) is 3.76. The van der Waals surface area contributed by atoms with Gasteiger partial charge in [0.15, 0.2) is 11.5 Å². The third-order valence-corrected chi connectivity index (χ3v) is 5.22. The standard InChI is InChI=1S/C25H32N2O6/c1-5-31-21-14-17(15-22(32-6-2)24(21)33-7-3)25(29)26-18-11-12-20(30-4)19(16-18)27-13-9-8-10-23(27)28/h11-12,14-16H,5-10,13H2,1-4H3,(H,26,29). The molecule has 1 fully saturated rings. The van der Waals surface area contributed by atoms with Crippen molar-refractivity contribution < 1.29 is 28.5 Å². The second-order valence-corrected chi connectivity index (χ2v) is 7.44. The lowest BCUT2D eigenvalue weighted by atomic mass is 10.1. The minimum absolute atomic E-state index is 0.0530. The highest BCUT2D eigenvalue weighted by molar-refractivity contribution is 6.06. The first kappa shape index (κ1) is 24.2. The zero-order valence-corrected chi connectivity index (χ0v) is 19.7. The number of methoxy groups -OCH3 is 1. The minimum Gasteiger partial charge on any atom is -0.495 e. The van der Waals surface area contributed by atoms with E-state index in [4.69, 9.17) is 18.9 Å². The number of benzene rings is 2. The Morgan fingerprint density at radius 3 is 2.18 bits per heavy atom. The number of nitrogens with one attached hydrogen (secondary N) is 1. The summed E-state index contributed by atoms with van der Waals surface area (Å²) in [6, 6.07) is 8.55. The largest absolute Gasteiger partial charge is 0.495 e. The lowest BCUT2D eigenvalue weighted by Gasteiger charge is -2.28. The number of nitrogens with zero attached hydrogens (tertiary/aromatic N) is 1. The Morgan fingerprint density at radius 1 is 0.939 bits per heavy atom. The minimum atomic E-state index is -0.332. The molecule has 0 spiro atoms. The smallest absolute Gasteiger partial charge is 0.255 e. The molecule has 0 saturated carbocycles. The van der Waals surface area contributed by atoms with Gasteiger partial charge in [0.2, 0.25) is 11.7 Å². The molecule has 1 saturated heterocycles. The lowest BCUT2D eigenvalue weighted by molar-refractivity contribution is -0.119. The van der Waals surface area contributed by atoms with Gasteiger partial charge >= 0.3 is 0 Å². The lowest BCUT2D eigenvalue weighted by Crippen LogP contribution is -2.35. The third-order valence-electron chi connectivity index (χ3n) is 5.22. The average Bonchev–Trinajstić information content (AvgIpc) is 2.81. The van der Waals surface area contributed by atoms with Gasteiger partial charge in [0.25, 0.3) is 5.91 Å². The Balaban J connectivity index is 1.91. The van der Waals surface area contributed by atoms with Crippen molar-refractivity contribution in [3.8, 4) is 23.0 Å². The van der Waals surface area contributed by atoms with Gasteiger partial charge in [-0.25, -0.2) is 0 Å². The van der Waals surface area contributed by atoms with Crippen LogP contribution in [0, 0.1) is 0 Å². The predicted octanol–water partition coefficient (Wildman–Crippen LogP) is 4.66. The molecule has 2 amide bonds. The molecule has 2 aromatic rings. The Bertz CT molecular complexity index is 964. The number of carbonyl (C=O) groups is 2. The molecule has 0 aromatic heterocycles. The van der Waals surface area contributed by atoms with E-state index in [1.165, 1.54) is 0 Å². The van der Waals surface area contributed by atoms with E-state index in [1.54, 1.807) is 42.3 Å². The van der Waals surface area contributed by atoms with Crippen molar-refractivity contribution in [1.82, 2.24) is 0 Å². The fourth-order valence-electron chi connectivity index (χ4n) is 3.76. The topological polar surface area (TPSA) is 86.3 Å². The van der Waals surface area contributed by atoms with Crippen LogP contribution in [0.4, 0.5) is 11.4 Å². The number of rotatable bonds is 10. The summed E-state index contributed by atoms with van der Waals surface area (Å²) >= 11 is 0. The van der Waals surface area contributed by atoms with Crippen molar-refractivity contribution in [2.24, 2.45) is 0 Å². The molecular weight excluding hydrogens is 424 g/mol. The van der Waals surface area contributed by atoms with E-state index in [1.807, 2.05) is 20.8 Å². The van der Waals surface area contributed by atoms with Crippen LogP contribution >= 0.6 is 0 Å². The molecule has 178 valence electrons. The number of ether oxygens (including phenoxy) is 4. The van der Waals surface area contributed by atoms with Gasteiger partial charge in [-0.1, -0.05) is 0 Å². The predicted molar refractivity (Wildman–Crippen MR) is 127 cm³/mol. The van der Waals surface area contributed by atoms with Gasteiger partial charge in [0, 0.05) is 24.2 Å². The third kappa shape index (κ3) is 5.69. The molecule has 1 aliphatic heterocycles. The molecule has 33 heavy (non-hydrogen) atoms. The summed E-state index contributed by atoms with van der Waals surface area (Å²) in [7, 11) is 1.57. The van der Waals surface area contributed by atoms with E-state index in [0.29, 0.717) is 72.7 Å². The summed E-state index contributed by atoms with van der Waals surface area (Å²) in [4.78, 5) is 27.3. The summed E-state index contributed by atoms with van der Waals surface area (Å²) in [5, 5.41) is 2.91. The van der Waals surface area contributed by atoms with Crippen LogP contribution in [0.5, 0.6) is 23.0 Å². The molecule has 8 heteroatoms. The normalized spacial score (nSPS) is 13.5. The maximum atomic E-state index is 13.1. The molecule has 1 aliphatic rings. The summed E-state index contributed by atoms with van der Waals surface area (Å²) in [6.07, 6.45) is 2.32. The van der Waals surface area contributed by atoms with E-state index >= 15 is 0 Å². The number of hydrogen-bond acceptors (Lipinski definition) is 6. The van der Waals surface area contributed by atoms with Crippen LogP contribution in [-0.4, -0.2) is 45.3 Å². The molecule has 0 unspecified atom stereocenters. The van der Waals surface area contributed by atoms with Crippen molar-refractivity contribution in [3.05, 3.63) is 35.9 Å². The monoisotopic (exact) mass is 456 g/mol. The van der Waals surface area contributed by atoms with Gasteiger partial charge < -0.3 is 29.2 Å². The van der Waals surface area contributed by atoms with Gasteiger partial charge in [0.1, 0.15) is 5.75 Å². The van der Waals surface area contributed by atoms with E-state index < -0.39 is 0 Å². The average molecular weight is 457 g/mol. The summed E-state index contributed by atoms with van der Waals surface area (Å²) in [6.45, 7) is 7.51. The number of piperidine rings is 1. The van der Waals surface area contributed by atoms with Crippen LogP contribution in [0.25, 0.3) is 0 Å². The zero-order chi connectivity index (χ0) is 23.8. The quantitative estimate of drug-likeness (QED) is 0.560. The van der Waals surface area contributed by atoms with Crippen molar-refractivity contribution in [2.45, 2.75) is 40.0 Å². The number of anilines is 2. The van der Waals surface area contributed by atoms with E-state index in [9.17, 15) is 9.59 Å². The summed E-state index contributed by atoms with van der Waals surface area (Å²) in [5.41, 5.74) is 1.58. The number of hydrogen-bond donors (Lipinski definition) is 1. The Labute approximate surface area is 194 Å². The molecule has 1 heterocycles. The van der Waals surface area contributed by atoms with Gasteiger partial charge in [-0.2, -0.15) is 0 Å². The van der Waals surface area contributed by atoms with Gasteiger partial charge in [0.05, 0.1) is 32.6 Å². The molecule has 1 N–H and O–H groups in total. The van der Waals surface area contributed by atoms with Crippen LogP contribution in [0.1, 0.15) is 50.4 Å². The zero-order valence-electron chi connectivity index (χ0n) is 19.7. The molecule has 3 rings (SSSR count). The summed E-state index contributed by atoms with van der Waals surface area (Å²) in [5.74, 6) is 1.68. The van der Waals surface area contributed by atoms with E-state index in [2.05, 4.69) is 5.32 Å².